The Bertz CT molecular complexity index is 224. The van der Waals surface area contributed by atoms with Gasteiger partial charge in [-0.1, -0.05) is 0 Å². The molecule has 0 bridgehead atoms. The number of carboxylic acid groups (broad SMARTS) is 1. The van der Waals surface area contributed by atoms with E-state index in [9.17, 15) is 9.59 Å². The summed E-state index contributed by atoms with van der Waals surface area (Å²) in [5.41, 5.74) is 2.12. The van der Waals surface area contributed by atoms with E-state index in [-0.39, 0.29) is 18.4 Å². The topological polar surface area (TPSA) is 95.7 Å². The maximum atomic E-state index is 11.1. The van der Waals surface area contributed by atoms with Gasteiger partial charge in [-0.3, -0.25) is 19.9 Å². The van der Waals surface area contributed by atoms with Crippen LogP contribution in [0.2, 0.25) is 0 Å². The summed E-state index contributed by atoms with van der Waals surface area (Å²) in [5, 5.41) is 8.55. The second-order valence-electron chi connectivity index (χ2n) is 3.45. The molecule has 0 radical (unpaired) electrons. The van der Waals surface area contributed by atoms with Crippen LogP contribution in [0.25, 0.3) is 0 Å². The van der Waals surface area contributed by atoms with Crippen molar-refractivity contribution in [3.05, 3.63) is 0 Å². The minimum Gasteiger partial charge on any atom is -0.480 e. The van der Waals surface area contributed by atoms with Crippen LogP contribution in [0.3, 0.4) is 0 Å². The Morgan fingerprint density at radius 2 is 2.00 bits per heavy atom. The number of carbonyl (C=O) groups is 2. The van der Waals surface area contributed by atoms with Crippen LogP contribution in [0.5, 0.6) is 0 Å². The first-order chi connectivity index (χ1) is 6.63. The second kappa shape index (κ2) is 4.92. The lowest BCUT2D eigenvalue weighted by Gasteiger charge is -2.29. The largest absolute Gasteiger partial charge is 0.480 e. The van der Waals surface area contributed by atoms with Gasteiger partial charge < -0.3 is 5.11 Å². The molecular formula is C8H15N3O3. The van der Waals surface area contributed by atoms with E-state index in [1.165, 1.54) is 0 Å². The van der Waals surface area contributed by atoms with Crippen LogP contribution in [0.15, 0.2) is 0 Å². The fourth-order valence-electron chi connectivity index (χ4n) is 1.66. The monoisotopic (exact) mass is 201 g/mol. The number of nitrogens with one attached hydrogen (secondary N) is 1. The molecule has 0 aromatic carbocycles. The lowest BCUT2D eigenvalue weighted by atomic mass is 9.96. The first-order valence-electron chi connectivity index (χ1n) is 4.58. The van der Waals surface area contributed by atoms with E-state index >= 15 is 0 Å². The third kappa shape index (κ3) is 2.97. The van der Waals surface area contributed by atoms with Crippen LogP contribution in [-0.2, 0) is 9.59 Å². The second-order valence-corrected chi connectivity index (χ2v) is 3.45. The highest BCUT2D eigenvalue weighted by Gasteiger charge is 2.24. The Kier molecular flexibility index (Phi) is 3.84. The molecule has 6 heteroatoms. The van der Waals surface area contributed by atoms with Crippen LogP contribution in [0, 0.1) is 5.92 Å². The minimum absolute atomic E-state index is 0.0525. The zero-order valence-corrected chi connectivity index (χ0v) is 7.90. The van der Waals surface area contributed by atoms with E-state index < -0.39 is 5.97 Å². The van der Waals surface area contributed by atoms with Gasteiger partial charge in [-0.15, -0.1) is 0 Å². The summed E-state index contributed by atoms with van der Waals surface area (Å²) in [6.07, 6.45) is 1.35. The van der Waals surface area contributed by atoms with Crippen molar-refractivity contribution >= 4 is 11.9 Å². The van der Waals surface area contributed by atoms with Gasteiger partial charge in [0.25, 0.3) is 0 Å². The van der Waals surface area contributed by atoms with Gasteiger partial charge in [-0.25, -0.2) is 5.84 Å². The van der Waals surface area contributed by atoms with Gasteiger partial charge in [-0.05, 0) is 25.9 Å². The zero-order chi connectivity index (χ0) is 10.6. The first kappa shape index (κ1) is 10.9. The lowest BCUT2D eigenvalue weighted by molar-refractivity contribution is -0.138. The van der Waals surface area contributed by atoms with Gasteiger partial charge in [0.2, 0.25) is 5.91 Å². The number of carboxylic acids is 1. The Labute approximate surface area is 82.0 Å². The first-order valence-corrected chi connectivity index (χ1v) is 4.58. The number of hydrogen-bond donors (Lipinski definition) is 3. The van der Waals surface area contributed by atoms with Gasteiger partial charge in [0.1, 0.15) is 0 Å². The van der Waals surface area contributed by atoms with Gasteiger partial charge in [0, 0.05) is 5.92 Å². The molecule has 1 aliphatic heterocycles. The predicted octanol–water partition coefficient (Wildman–Crippen LogP) is -1.23. The molecule has 0 unspecified atom stereocenters. The summed E-state index contributed by atoms with van der Waals surface area (Å²) >= 11 is 0. The van der Waals surface area contributed by atoms with E-state index in [1.807, 2.05) is 4.90 Å². The maximum absolute atomic E-state index is 11.1. The quantitative estimate of drug-likeness (QED) is 0.302. The summed E-state index contributed by atoms with van der Waals surface area (Å²) in [6.45, 7) is 1.34. The van der Waals surface area contributed by atoms with Crippen molar-refractivity contribution in [3.63, 3.8) is 0 Å². The third-order valence-electron chi connectivity index (χ3n) is 2.46. The summed E-state index contributed by atoms with van der Waals surface area (Å²) in [5.74, 6) is 3.97. The number of amides is 1. The normalized spacial score (nSPS) is 19.2. The molecule has 0 spiro atoms. The molecule has 0 aliphatic carbocycles. The van der Waals surface area contributed by atoms with Crippen LogP contribution >= 0.6 is 0 Å². The van der Waals surface area contributed by atoms with Gasteiger partial charge in [-0.2, -0.15) is 0 Å². The zero-order valence-electron chi connectivity index (χ0n) is 7.90. The van der Waals surface area contributed by atoms with Crippen LogP contribution in [0.1, 0.15) is 12.8 Å². The molecule has 1 heterocycles. The Morgan fingerprint density at radius 3 is 2.43 bits per heavy atom. The van der Waals surface area contributed by atoms with Crippen LogP contribution in [0.4, 0.5) is 0 Å². The molecule has 0 atom stereocenters. The van der Waals surface area contributed by atoms with Crippen molar-refractivity contribution in [2.24, 2.45) is 11.8 Å². The van der Waals surface area contributed by atoms with Crippen LogP contribution in [-0.4, -0.2) is 41.5 Å². The molecule has 4 N–H and O–H groups in total. The van der Waals surface area contributed by atoms with Crippen molar-refractivity contribution in [1.29, 1.82) is 0 Å². The average Bonchev–Trinajstić information content (AvgIpc) is 2.17. The minimum atomic E-state index is -0.827. The molecule has 14 heavy (non-hydrogen) atoms. The number of likely N-dealkylation sites (tertiary alicyclic amines) is 1. The van der Waals surface area contributed by atoms with Crippen molar-refractivity contribution in [3.8, 4) is 0 Å². The molecular weight excluding hydrogens is 186 g/mol. The molecule has 1 amide bonds. The molecule has 1 fully saturated rings. The van der Waals surface area contributed by atoms with Crippen LogP contribution < -0.4 is 11.3 Å². The molecule has 6 nitrogen and oxygen atoms in total. The van der Waals surface area contributed by atoms with Gasteiger partial charge >= 0.3 is 5.97 Å². The Morgan fingerprint density at radius 1 is 1.43 bits per heavy atom. The number of hydrazine groups is 1. The average molecular weight is 201 g/mol. The highest BCUT2D eigenvalue weighted by Crippen LogP contribution is 2.16. The number of hydrogen-bond acceptors (Lipinski definition) is 4. The molecule has 1 saturated heterocycles. The van der Waals surface area contributed by atoms with E-state index in [0.29, 0.717) is 25.9 Å². The predicted molar refractivity (Wildman–Crippen MR) is 49.1 cm³/mol. The summed E-state index contributed by atoms with van der Waals surface area (Å²) in [4.78, 5) is 23.3. The van der Waals surface area contributed by atoms with E-state index in [2.05, 4.69) is 5.43 Å². The number of rotatable bonds is 3. The maximum Gasteiger partial charge on any atom is 0.317 e. The molecule has 80 valence electrons. The van der Waals surface area contributed by atoms with Crippen molar-refractivity contribution in [2.75, 3.05) is 19.6 Å². The number of nitrogens with two attached hydrogens (primary N) is 1. The molecule has 0 aromatic rings. The lowest BCUT2D eigenvalue weighted by Crippen LogP contribution is -2.43. The van der Waals surface area contributed by atoms with Gasteiger partial charge in [0.05, 0.1) is 6.54 Å². The number of nitrogens with zero attached hydrogens (tertiary/aromatic N) is 1. The molecule has 1 aliphatic rings. The number of carbonyl (C=O) groups excluding carboxylic acids is 1. The van der Waals surface area contributed by atoms with E-state index in [1.54, 1.807) is 0 Å². The van der Waals surface area contributed by atoms with Gasteiger partial charge in [0.15, 0.2) is 0 Å². The highest BCUT2D eigenvalue weighted by molar-refractivity contribution is 5.78. The molecule has 1 rings (SSSR count). The number of piperidine rings is 1. The van der Waals surface area contributed by atoms with Crippen molar-refractivity contribution in [1.82, 2.24) is 10.3 Å². The fraction of sp³-hybridized carbons (Fsp3) is 0.750. The summed E-state index contributed by atoms with van der Waals surface area (Å²) < 4.78 is 0. The standard InChI is InChI=1S/C8H15N3O3/c9-10-8(14)6-1-3-11(4-2-6)5-7(12)13/h6H,1-5,9H2,(H,10,14)(H,12,13). The Hall–Kier alpha value is -1.14. The Balaban J connectivity index is 2.31. The van der Waals surface area contributed by atoms with Crippen molar-refractivity contribution < 1.29 is 14.7 Å². The van der Waals surface area contributed by atoms with Crippen molar-refractivity contribution in [2.45, 2.75) is 12.8 Å². The van der Waals surface area contributed by atoms with E-state index in [0.717, 1.165) is 0 Å². The molecule has 0 saturated carbocycles. The molecule has 0 aromatic heterocycles. The summed E-state index contributed by atoms with van der Waals surface area (Å²) in [7, 11) is 0. The smallest absolute Gasteiger partial charge is 0.317 e. The SMILES string of the molecule is NNC(=O)C1CCN(CC(=O)O)CC1. The highest BCUT2D eigenvalue weighted by atomic mass is 16.4. The summed E-state index contributed by atoms with van der Waals surface area (Å²) in [6, 6.07) is 0. The fourth-order valence-corrected chi connectivity index (χ4v) is 1.66. The van der Waals surface area contributed by atoms with E-state index in [4.69, 9.17) is 10.9 Å². The third-order valence-corrected chi connectivity index (χ3v) is 2.46. The number of aliphatic carboxylic acids is 1.